The third-order valence-electron chi connectivity index (χ3n) is 5.03. The van der Waals surface area contributed by atoms with Crippen molar-refractivity contribution >= 4 is 11.6 Å². The number of Topliss-reactive ketones (excluding diaryl/α,β-unsaturated/α-hetero) is 2. The van der Waals surface area contributed by atoms with E-state index < -0.39 is 17.5 Å². The minimum atomic E-state index is -0.932. The van der Waals surface area contributed by atoms with Gasteiger partial charge in [0.05, 0.1) is 25.7 Å². The van der Waals surface area contributed by atoms with Crippen LogP contribution in [0.1, 0.15) is 32.2 Å². The number of carbonyl (C=O) groups excluding carboxylic acids is 2. The van der Waals surface area contributed by atoms with E-state index in [-0.39, 0.29) is 33.9 Å². The summed E-state index contributed by atoms with van der Waals surface area (Å²) in [5.74, 6) is -1.41. The molecule has 0 radical (unpaired) electrons. The molecule has 7 heteroatoms. The minimum absolute atomic E-state index is 0.0239. The molecule has 7 nitrogen and oxygen atoms in total. The summed E-state index contributed by atoms with van der Waals surface area (Å²) >= 11 is 0. The summed E-state index contributed by atoms with van der Waals surface area (Å²) in [5, 5.41) is 9.76. The van der Waals surface area contributed by atoms with Crippen LogP contribution in [0.2, 0.25) is 0 Å². The molecule has 0 amide bonds. The van der Waals surface area contributed by atoms with Gasteiger partial charge in [-0.15, -0.1) is 0 Å². The van der Waals surface area contributed by atoms with Crippen LogP contribution in [0.3, 0.4) is 0 Å². The highest BCUT2D eigenvalue weighted by molar-refractivity contribution is 6.27. The topological polar surface area (TPSA) is 112 Å². The largest absolute Gasteiger partial charge is 0.493 e. The number of nitrogens with two attached hydrogens (primary N) is 1. The van der Waals surface area contributed by atoms with Crippen molar-refractivity contribution in [1.29, 1.82) is 5.26 Å². The summed E-state index contributed by atoms with van der Waals surface area (Å²) in [5.41, 5.74) is 7.03. The monoisotopic (exact) mass is 388 g/mol. The fourth-order valence-electron chi connectivity index (χ4n) is 3.76. The number of hydrogen-bond acceptors (Lipinski definition) is 7. The van der Waals surface area contributed by atoms with Gasteiger partial charge in [-0.25, -0.2) is 0 Å². The van der Waals surface area contributed by atoms with Crippen LogP contribution in [-0.4, -0.2) is 25.8 Å². The smallest absolute Gasteiger partial charge is 0.229 e. The number of nitriles is 1. The molecule has 1 unspecified atom stereocenters. The molecule has 0 spiro atoms. The summed E-state index contributed by atoms with van der Waals surface area (Å²) < 4.78 is 16.3. The number of hydrogen-bond donors (Lipinski definition) is 1. The second-order valence-electron chi connectivity index (χ2n) is 6.45. The predicted molar refractivity (Wildman–Crippen MR) is 102 cm³/mol. The van der Waals surface area contributed by atoms with Crippen molar-refractivity contribution in [3.05, 3.63) is 81.9 Å². The first-order valence-electron chi connectivity index (χ1n) is 8.74. The Labute approximate surface area is 166 Å². The third-order valence-corrected chi connectivity index (χ3v) is 5.03. The van der Waals surface area contributed by atoms with Crippen LogP contribution in [0.25, 0.3) is 0 Å². The first-order chi connectivity index (χ1) is 14.0. The van der Waals surface area contributed by atoms with Gasteiger partial charge in [0.15, 0.2) is 23.0 Å². The molecule has 2 aromatic rings. The Hall–Kier alpha value is -4.05. The second-order valence-corrected chi connectivity index (χ2v) is 6.45. The minimum Gasteiger partial charge on any atom is -0.493 e. The summed E-state index contributed by atoms with van der Waals surface area (Å²) in [6.07, 6.45) is 0. The maximum absolute atomic E-state index is 13.4. The van der Waals surface area contributed by atoms with E-state index in [1.54, 1.807) is 42.5 Å². The third kappa shape index (κ3) is 2.57. The number of ketones is 2. The SMILES string of the molecule is COc1cccc(C2C(C#N)=C(N)OC3=C2C(=O)c2ccccc2C3=O)c1OC. The van der Waals surface area contributed by atoms with Crippen molar-refractivity contribution in [2.75, 3.05) is 14.2 Å². The summed E-state index contributed by atoms with van der Waals surface area (Å²) in [7, 11) is 2.94. The number of nitrogens with zero attached hydrogens (tertiary/aromatic N) is 1. The molecule has 0 saturated carbocycles. The highest BCUT2D eigenvalue weighted by Gasteiger charge is 2.44. The van der Waals surface area contributed by atoms with E-state index in [0.29, 0.717) is 17.1 Å². The lowest BCUT2D eigenvalue weighted by atomic mass is 9.75. The second kappa shape index (κ2) is 6.84. The molecule has 2 aromatic carbocycles. The van der Waals surface area contributed by atoms with Crippen molar-refractivity contribution in [2.45, 2.75) is 5.92 Å². The first-order valence-corrected chi connectivity index (χ1v) is 8.74. The fourth-order valence-corrected chi connectivity index (χ4v) is 3.76. The Balaban J connectivity index is 2.02. The van der Waals surface area contributed by atoms with Gasteiger partial charge in [0.2, 0.25) is 11.7 Å². The standard InChI is InChI=1S/C22H16N2O5/c1-27-15-9-5-8-13(20(15)28-2)16-14(10-23)22(24)29-21-17(16)18(25)11-6-3-4-7-12(11)19(21)26/h3-9,16H,24H2,1-2H3. The van der Waals surface area contributed by atoms with Gasteiger partial charge < -0.3 is 19.9 Å². The van der Waals surface area contributed by atoms with Gasteiger partial charge in [0.25, 0.3) is 0 Å². The number of fused-ring (bicyclic) bond motifs is 1. The normalized spacial score (nSPS) is 17.9. The number of rotatable bonds is 3. The Morgan fingerprint density at radius 1 is 1.00 bits per heavy atom. The van der Waals surface area contributed by atoms with Crippen LogP contribution in [0, 0.1) is 11.3 Å². The molecule has 0 fully saturated rings. The lowest BCUT2D eigenvalue weighted by Gasteiger charge is -2.31. The van der Waals surface area contributed by atoms with Gasteiger partial charge in [-0.3, -0.25) is 9.59 Å². The Bertz CT molecular complexity index is 1170. The van der Waals surface area contributed by atoms with Crippen LogP contribution in [0.15, 0.2) is 65.3 Å². The van der Waals surface area contributed by atoms with E-state index >= 15 is 0 Å². The van der Waals surface area contributed by atoms with Gasteiger partial charge in [0, 0.05) is 16.7 Å². The lowest BCUT2D eigenvalue weighted by Crippen LogP contribution is -2.32. The molecule has 29 heavy (non-hydrogen) atoms. The Morgan fingerprint density at radius 2 is 1.69 bits per heavy atom. The van der Waals surface area contributed by atoms with Gasteiger partial charge in [-0.05, 0) is 6.07 Å². The van der Waals surface area contributed by atoms with Crippen LogP contribution in [-0.2, 0) is 4.74 Å². The van der Waals surface area contributed by atoms with E-state index in [9.17, 15) is 14.9 Å². The molecular formula is C22H16N2O5. The lowest BCUT2D eigenvalue weighted by molar-refractivity contribution is 0.0897. The zero-order valence-corrected chi connectivity index (χ0v) is 15.7. The van der Waals surface area contributed by atoms with Crippen LogP contribution in [0.5, 0.6) is 11.5 Å². The van der Waals surface area contributed by atoms with E-state index in [0.717, 1.165) is 0 Å². The number of para-hydroxylation sites is 1. The quantitative estimate of drug-likeness (QED) is 0.860. The molecule has 4 rings (SSSR count). The van der Waals surface area contributed by atoms with Gasteiger partial charge in [-0.1, -0.05) is 36.4 Å². The summed E-state index contributed by atoms with van der Waals surface area (Å²) in [4.78, 5) is 26.4. The van der Waals surface area contributed by atoms with Crippen molar-refractivity contribution in [2.24, 2.45) is 5.73 Å². The maximum atomic E-state index is 13.4. The van der Waals surface area contributed by atoms with E-state index in [1.165, 1.54) is 14.2 Å². The first kappa shape index (κ1) is 18.3. The van der Waals surface area contributed by atoms with Crippen LogP contribution in [0.4, 0.5) is 0 Å². The Kier molecular flexibility index (Phi) is 4.32. The molecule has 2 aliphatic rings. The van der Waals surface area contributed by atoms with E-state index in [2.05, 4.69) is 0 Å². The van der Waals surface area contributed by atoms with Crippen molar-refractivity contribution in [1.82, 2.24) is 0 Å². The number of ether oxygens (including phenoxy) is 3. The van der Waals surface area contributed by atoms with Crippen molar-refractivity contribution < 1.29 is 23.8 Å². The molecule has 1 aliphatic heterocycles. The molecular weight excluding hydrogens is 372 g/mol. The molecule has 144 valence electrons. The highest BCUT2D eigenvalue weighted by atomic mass is 16.5. The maximum Gasteiger partial charge on any atom is 0.229 e. The van der Waals surface area contributed by atoms with Crippen LogP contribution >= 0.6 is 0 Å². The summed E-state index contributed by atoms with van der Waals surface area (Å²) in [6, 6.07) is 13.6. The highest BCUT2D eigenvalue weighted by Crippen LogP contribution is 2.48. The molecule has 0 bridgehead atoms. The zero-order chi connectivity index (χ0) is 20.7. The number of benzene rings is 2. The Morgan fingerprint density at radius 3 is 2.31 bits per heavy atom. The molecule has 1 heterocycles. The molecule has 0 saturated heterocycles. The van der Waals surface area contributed by atoms with Gasteiger partial charge in [-0.2, -0.15) is 5.26 Å². The number of carbonyl (C=O) groups is 2. The average Bonchev–Trinajstić information content (AvgIpc) is 2.75. The van der Waals surface area contributed by atoms with Crippen molar-refractivity contribution in [3.63, 3.8) is 0 Å². The van der Waals surface area contributed by atoms with E-state index in [4.69, 9.17) is 19.9 Å². The number of methoxy groups -OCH3 is 2. The van der Waals surface area contributed by atoms with Gasteiger partial charge in [0.1, 0.15) is 11.6 Å². The predicted octanol–water partition coefficient (Wildman–Crippen LogP) is 2.84. The molecule has 0 aromatic heterocycles. The fraction of sp³-hybridized carbons (Fsp3) is 0.136. The summed E-state index contributed by atoms with van der Waals surface area (Å²) in [6.45, 7) is 0. The average molecular weight is 388 g/mol. The molecule has 2 N–H and O–H groups in total. The molecule has 1 atom stereocenters. The van der Waals surface area contributed by atoms with Crippen molar-refractivity contribution in [3.8, 4) is 17.6 Å². The molecule has 1 aliphatic carbocycles. The number of allylic oxidation sites excluding steroid dienone is 3. The van der Waals surface area contributed by atoms with Crippen LogP contribution < -0.4 is 15.2 Å². The zero-order valence-electron chi connectivity index (χ0n) is 15.7. The van der Waals surface area contributed by atoms with Gasteiger partial charge >= 0.3 is 0 Å². The van der Waals surface area contributed by atoms with E-state index in [1.807, 2.05) is 6.07 Å².